The summed E-state index contributed by atoms with van der Waals surface area (Å²) in [6.07, 6.45) is 29.2. The Balaban J connectivity index is 2.82. The van der Waals surface area contributed by atoms with Gasteiger partial charge in [-0.05, 0) is 12.8 Å². The van der Waals surface area contributed by atoms with E-state index in [0.717, 1.165) is 52.4 Å². The molecule has 0 radical (unpaired) electrons. The number of esters is 6. The van der Waals surface area contributed by atoms with Crippen molar-refractivity contribution in [3.05, 3.63) is 0 Å². The van der Waals surface area contributed by atoms with Crippen LogP contribution in [0.2, 0.25) is 0 Å². The maximum atomic E-state index is 13.3. The van der Waals surface area contributed by atoms with Crippen LogP contribution in [-0.2, 0) is 61.9 Å². The molecule has 0 spiro atoms. The molecule has 0 aromatic carbocycles. The van der Waals surface area contributed by atoms with Gasteiger partial charge in [0, 0.05) is 47.0 Å². The highest BCUT2D eigenvalue weighted by molar-refractivity contribution is 5.71. The van der Waals surface area contributed by atoms with Crippen LogP contribution in [0.5, 0.6) is 0 Å². The van der Waals surface area contributed by atoms with Crippen molar-refractivity contribution in [3.8, 4) is 0 Å². The van der Waals surface area contributed by atoms with Crippen LogP contribution in [0.4, 0.5) is 0 Å². The zero-order chi connectivity index (χ0) is 48.6. The maximum Gasteiger partial charge on any atom is 0.306 e. The first-order valence-corrected chi connectivity index (χ1v) is 26.5. The number of carbonyl (C=O) groups is 6. The van der Waals surface area contributed by atoms with E-state index in [-0.39, 0.29) is 32.5 Å². The average Bonchev–Trinajstić information content (AvgIpc) is 3.26. The summed E-state index contributed by atoms with van der Waals surface area (Å²) in [7, 11) is 0. The number of ether oxygens (including phenoxy) is 7. The van der Waals surface area contributed by atoms with Gasteiger partial charge in [-0.2, -0.15) is 0 Å². The summed E-state index contributed by atoms with van der Waals surface area (Å²) in [5.41, 5.74) is 0. The molecule has 13 nitrogen and oxygen atoms in total. The van der Waals surface area contributed by atoms with E-state index >= 15 is 0 Å². The second kappa shape index (κ2) is 40.8. The van der Waals surface area contributed by atoms with E-state index in [2.05, 4.69) is 13.8 Å². The molecular weight excluding hydrogens is 845 g/mol. The Bertz CT molecular complexity index is 1290. The minimum absolute atomic E-state index is 0.143. The molecule has 0 saturated carbocycles. The second-order valence-corrected chi connectivity index (χ2v) is 18.7. The number of hydrogen-bond acceptors (Lipinski definition) is 13. The minimum atomic E-state index is -1.36. The minimum Gasteiger partial charge on any atom is -0.463 e. The Kier molecular flexibility index (Phi) is 37.6. The van der Waals surface area contributed by atoms with Crippen LogP contribution >= 0.6 is 0 Å². The van der Waals surface area contributed by atoms with E-state index in [0.29, 0.717) is 12.8 Å². The molecule has 384 valence electrons. The summed E-state index contributed by atoms with van der Waals surface area (Å²) >= 11 is 0. The van der Waals surface area contributed by atoms with Gasteiger partial charge in [0.15, 0.2) is 18.3 Å². The topological polar surface area (TPSA) is 167 Å². The predicted molar refractivity (Wildman–Crippen MR) is 257 cm³/mol. The highest BCUT2D eigenvalue weighted by atomic mass is 16.7. The van der Waals surface area contributed by atoms with Crippen LogP contribution in [0.15, 0.2) is 0 Å². The van der Waals surface area contributed by atoms with E-state index in [9.17, 15) is 28.8 Å². The van der Waals surface area contributed by atoms with Crippen LogP contribution in [0, 0.1) is 0 Å². The van der Waals surface area contributed by atoms with Gasteiger partial charge in [0.05, 0.1) is 0 Å². The average molecular weight is 939 g/mol. The summed E-state index contributed by atoms with van der Waals surface area (Å²) in [6, 6.07) is 0. The van der Waals surface area contributed by atoms with Crippen molar-refractivity contribution in [2.24, 2.45) is 0 Å². The largest absolute Gasteiger partial charge is 0.463 e. The Labute approximate surface area is 399 Å². The smallest absolute Gasteiger partial charge is 0.306 e. The lowest BCUT2D eigenvalue weighted by Crippen LogP contribution is -2.63. The molecule has 6 atom stereocenters. The fourth-order valence-electron chi connectivity index (χ4n) is 8.70. The van der Waals surface area contributed by atoms with Gasteiger partial charge in [0.25, 0.3) is 0 Å². The quantitative estimate of drug-likeness (QED) is 0.0322. The molecule has 1 heterocycles. The molecule has 0 aromatic heterocycles. The Morgan fingerprint density at radius 3 is 1.09 bits per heavy atom. The fraction of sp³-hybridized carbons (Fsp3) is 0.887. The molecule has 0 amide bonds. The summed E-state index contributed by atoms with van der Waals surface area (Å²) in [4.78, 5) is 75.2. The summed E-state index contributed by atoms with van der Waals surface area (Å²) < 4.78 is 39.9. The van der Waals surface area contributed by atoms with Crippen LogP contribution in [0.25, 0.3) is 0 Å². The molecule has 1 saturated heterocycles. The van der Waals surface area contributed by atoms with E-state index in [4.69, 9.17) is 33.2 Å². The van der Waals surface area contributed by atoms with E-state index < -0.39 is 72.4 Å². The van der Waals surface area contributed by atoms with Gasteiger partial charge in [-0.3, -0.25) is 28.8 Å². The van der Waals surface area contributed by atoms with Crippen molar-refractivity contribution in [1.29, 1.82) is 0 Å². The van der Waals surface area contributed by atoms with Gasteiger partial charge in [0.1, 0.15) is 31.5 Å². The molecule has 1 unspecified atom stereocenters. The van der Waals surface area contributed by atoms with Crippen LogP contribution in [0.1, 0.15) is 253 Å². The molecule has 0 aromatic rings. The van der Waals surface area contributed by atoms with Gasteiger partial charge >= 0.3 is 35.8 Å². The predicted octanol–water partition coefficient (Wildman–Crippen LogP) is 12.5. The summed E-state index contributed by atoms with van der Waals surface area (Å²) in [5, 5.41) is 0. The lowest BCUT2D eigenvalue weighted by molar-refractivity contribution is -0.256. The highest BCUT2D eigenvalue weighted by Gasteiger charge is 2.52. The molecule has 0 aliphatic carbocycles. The Hall–Kier alpha value is -3.22. The number of carbonyl (C=O) groups excluding carboxylic acids is 6. The summed E-state index contributed by atoms with van der Waals surface area (Å²) in [6.45, 7) is 8.51. The van der Waals surface area contributed by atoms with E-state index in [1.54, 1.807) is 0 Å². The maximum absolute atomic E-state index is 13.3. The van der Waals surface area contributed by atoms with E-state index in [1.807, 2.05) is 0 Å². The number of rotatable bonds is 42. The first kappa shape index (κ1) is 60.8. The second-order valence-electron chi connectivity index (χ2n) is 18.7. The lowest BCUT2D eigenvalue weighted by atomic mass is 9.91. The summed E-state index contributed by atoms with van der Waals surface area (Å²) in [5.74, 6) is -3.74. The number of hydrogen-bond donors (Lipinski definition) is 0. The number of unbranched alkanes of at least 4 members (excludes halogenated alkanes) is 28. The Morgan fingerprint density at radius 2 is 0.727 bits per heavy atom. The SMILES string of the molecule is CCCCCCCCCCCCCCCCCC(=O)OCC(C[C@H]1O[C@H](COC(C)=O)[C@H](OC(C)=O)[C@H](OC(C)=O)[C@H]1OC(C)=O)OC(=O)CCCCCCCCCCCCCCCCC. The van der Waals surface area contributed by atoms with Crippen LogP contribution in [0.3, 0.4) is 0 Å². The molecule has 0 N–H and O–H groups in total. The third-order valence-corrected chi connectivity index (χ3v) is 12.3. The molecule has 1 aliphatic rings. The van der Waals surface area contributed by atoms with Crippen molar-refractivity contribution in [2.75, 3.05) is 13.2 Å². The molecule has 1 aliphatic heterocycles. The third-order valence-electron chi connectivity index (χ3n) is 12.3. The van der Waals surface area contributed by atoms with Crippen LogP contribution in [-0.4, -0.2) is 85.7 Å². The molecule has 0 bridgehead atoms. The van der Waals surface area contributed by atoms with Crippen molar-refractivity contribution < 1.29 is 61.9 Å². The fourth-order valence-corrected chi connectivity index (χ4v) is 8.70. The molecule has 1 rings (SSSR count). The molecule has 13 heteroatoms. The Morgan fingerprint density at radius 1 is 0.394 bits per heavy atom. The standard InChI is InChI=1S/C53H94O13/c1-7-9-11-13-15-17-19-21-23-25-27-29-31-33-35-37-49(58)61-40-46(65-50(59)38-36-34-32-30-28-26-24-22-20-18-16-14-12-10-8-2)39-47-51(62-43(4)55)53(64-45(6)57)52(63-44(5)56)48(66-47)41-60-42(3)54/h46-48,51-53H,7-41H2,1-6H3/t46?,47-,48-,51+,52+,53-/m1/s1. The lowest BCUT2D eigenvalue weighted by Gasteiger charge is -2.45. The van der Waals surface area contributed by atoms with Crippen molar-refractivity contribution >= 4 is 35.8 Å². The van der Waals surface area contributed by atoms with Gasteiger partial charge in [-0.25, -0.2) is 0 Å². The molecule has 66 heavy (non-hydrogen) atoms. The normalized spacial score (nSPS) is 18.5. The zero-order valence-corrected chi connectivity index (χ0v) is 42.5. The van der Waals surface area contributed by atoms with Crippen molar-refractivity contribution in [3.63, 3.8) is 0 Å². The monoisotopic (exact) mass is 939 g/mol. The molecular formula is C53H94O13. The first-order chi connectivity index (χ1) is 31.9. The third kappa shape index (κ3) is 33.3. The van der Waals surface area contributed by atoms with Crippen molar-refractivity contribution in [2.45, 2.75) is 290 Å². The van der Waals surface area contributed by atoms with Gasteiger partial charge < -0.3 is 33.2 Å². The first-order valence-electron chi connectivity index (χ1n) is 26.5. The molecule has 1 fully saturated rings. The van der Waals surface area contributed by atoms with Crippen LogP contribution < -0.4 is 0 Å². The van der Waals surface area contributed by atoms with Gasteiger partial charge in [0.2, 0.25) is 0 Å². The highest BCUT2D eigenvalue weighted by Crippen LogP contribution is 2.32. The van der Waals surface area contributed by atoms with Gasteiger partial charge in [-0.15, -0.1) is 0 Å². The van der Waals surface area contributed by atoms with Gasteiger partial charge in [-0.1, -0.05) is 194 Å². The van der Waals surface area contributed by atoms with E-state index in [1.165, 1.54) is 155 Å². The van der Waals surface area contributed by atoms with Crippen molar-refractivity contribution in [1.82, 2.24) is 0 Å². The zero-order valence-electron chi connectivity index (χ0n) is 42.5.